The van der Waals surface area contributed by atoms with E-state index in [1.165, 1.54) is 14.0 Å². The summed E-state index contributed by atoms with van der Waals surface area (Å²) in [5.41, 5.74) is -1.77. The standard InChI is InChI=1S/C23H28O10/c1-10-14-16(31-21(27)23(5)11(2)32-23)15(29-12(3)24)13(20(26)28-6)8-7-9-22(4)18(33-22)17(14)30-19(10)25/h8,11,14-18H,1,7,9H2,2-6H3/b13-8+/t11-,14+,15+,16-,17-,18+,22+,23-/m0/s1. The van der Waals surface area contributed by atoms with E-state index in [4.69, 9.17) is 28.4 Å². The van der Waals surface area contributed by atoms with Crippen molar-refractivity contribution in [2.75, 3.05) is 7.11 Å². The third-order valence-electron chi connectivity index (χ3n) is 6.97. The summed E-state index contributed by atoms with van der Waals surface area (Å²) < 4.78 is 33.2. The Bertz CT molecular complexity index is 953. The summed E-state index contributed by atoms with van der Waals surface area (Å²) in [6, 6.07) is 0. The van der Waals surface area contributed by atoms with Gasteiger partial charge in [0.05, 0.1) is 30.3 Å². The molecule has 8 atom stereocenters. The zero-order valence-corrected chi connectivity index (χ0v) is 19.2. The van der Waals surface area contributed by atoms with E-state index in [0.29, 0.717) is 12.8 Å². The van der Waals surface area contributed by atoms with Crippen LogP contribution < -0.4 is 0 Å². The number of methoxy groups -OCH3 is 1. The molecular weight excluding hydrogens is 436 g/mol. The summed E-state index contributed by atoms with van der Waals surface area (Å²) in [4.78, 5) is 50.4. The van der Waals surface area contributed by atoms with Crippen LogP contribution in [0.2, 0.25) is 0 Å². The summed E-state index contributed by atoms with van der Waals surface area (Å²) in [5, 5.41) is 0. The van der Waals surface area contributed by atoms with Crippen molar-refractivity contribution in [2.45, 2.75) is 82.3 Å². The summed E-state index contributed by atoms with van der Waals surface area (Å²) in [6.07, 6.45) is -1.87. The molecule has 3 aliphatic heterocycles. The Morgan fingerprint density at radius 2 is 1.85 bits per heavy atom. The first-order valence-electron chi connectivity index (χ1n) is 10.8. The quantitative estimate of drug-likeness (QED) is 0.258. The summed E-state index contributed by atoms with van der Waals surface area (Å²) in [7, 11) is 1.19. The average molecular weight is 464 g/mol. The molecule has 3 heterocycles. The van der Waals surface area contributed by atoms with Crippen LogP contribution >= 0.6 is 0 Å². The van der Waals surface area contributed by atoms with Crippen molar-refractivity contribution in [3.05, 3.63) is 23.8 Å². The zero-order chi connectivity index (χ0) is 24.3. The molecule has 4 aliphatic rings. The van der Waals surface area contributed by atoms with Gasteiger partial charge in [-0.05, 0) is 33.6 Å². The van der Waals surface area contributed by atoms with E-state index < -0.39 is 65.4 Å². The van der Waals surface area contributed by atoms with Crippen LogP contribution in [0.5, 0.6) is 0 Å². The predicted molar refractivity (Wildman–Crippen MR) is 110 cm³/mol. The summed E-state index contributed by atoms with van der Waals surface area (Å²) >= 11 is 0. The molecule has 4 rings (SSSR count). The van der Waals surface area contributed by atoms with Crippen LogP contribution in [-0.4, -0.2) is 72.7 Å². The minimum Gasteiger partial charge on any atom is -0.466 e. The molecule has 10 heteroatoms. The van der Waals surface area contributed by atoms with Gasteiger partial charge in [-0.15, -0.1) is 0 Å². The van der Waals surface area contributed by atoms with Crippen molar-refractivity contribution in [1.82, 2.24) is 0 Å². The molecule has 0 aromatic heterocycles. The molecule has 0 radical (unpaired) electrons. The van der Waals surface area contributed by atoms with Gasteiger partial charge in [-0.25, -0.2) is 14.4 Å². The number of esters is 4. The highest BCUT2D eigenvalue weighted by Crippen LogP contribution is 2.51. The third kappa shape index (κ3) is 3.95. The van der Waals surface area contributed by atoms with Gasteiger partial charge in [-0.1, -0.05) is 12.7 Å². The summed E-state index contributed by atoms with van der Waals surface area (Å²) in [6.45, 7) is 10.2. The molecule has 0 unspecified atom stereocenters. The van der Waals surface area contributed by atoms with Crippen LogP contribution in [0.3, 0.4) is 0 Å². The molecule has 10 nitrogen and oxygen atoms in total. The van der Waals surface area contributed by atoms with Gasteiger partial charge < -0.3 is 28.4 Å². The monoisotopic (exact) mass is 464 g/mol. The first-order chi connectivity index (χ1) is 15.4. The molecule has 3 saturated heterocycles. The number of carbonyl (C=O) groups excluding carboxylic acids is 4. The Morgan fingerprint density at radius 1 is 1.18 bits per heavy atom. The fraction of sp³-hybridized carbons (Fsp3) is 0.652. The SMILES string of the molecule is C=C1C(=O)O[C@H]2[C@H]1[C@H](OC(=O)[C@@]1(C)O[C@H]1C)[C@H](OC(C)=O)/C(C(=O)OC)=C\CC[C@@]1(C)O[C@H]21. The maximum atomic E-state index is 13.1. The fourth-order valence-corrected chi connectivity index (χ4v) is 4.66. The van der Waals surface area contributed by atoms with Crippen LogP contribution in [0.15, 0.2) is 23.8 Å². The lowest BCUT2D eigenvalue weighted by Crippen LogP contribution is -2.49. The van der Waals surface area contributed by atoms with E-state index >= 15 is 0 Å². The van der Waals surface area contributed by atoms with E-state index in [2.05, 4.69) is 6.58 Å². The van der Waals surface area contributed by atoms with Gasteiger partial charge in [-0.2, -0.15) is 0 Å². The second kappa shape index (κ2) is 7.95. The van der Waals surface area contributed by atoms with Crippen LogP contribution in [-0.2, 0) is 47.6 Å². The number of carbonyl (C=O) groups is 4. The largest absolute Gasteiger partial charge is 0.466 e. The average Bonchev–Trinajstić information content (AvgIpc) is 3.57. The van der Waals surface area contributed by atoms with Gasteiger partial charge in [0.1, 0.15) is 12.2 Å². The highest BCUT2D eigenvalue weighted by molar-refractivity contribution is 5.93. The molecule has 0 saturated carbocycles. The van der Waals surface area contributed by atoms with E-state index in [9.17, 15) is 19.2 Å². The van der Waals surface area contributed by atoms with Crippen LogP contribution in [0, 0.1) is 5.92 Å². The Morgan fingerprint density at radius 3 is 2.42 bits per heavy atom. The Labute approximate surface area is 191 Å². The van der Waals surface area contributed by atoms with Gasteiger partial charge in [0.2, 0.25) is 0 Å². The number of allylic oxidation sites excluding steroid dienone is 1. The van der Waals surface area contributed by atoms with Gasteiger partial charge in [0.15, 0.2) is 17.8 Å². The summed E-state index contributed by atoms with van der Waals surface area (Å²) in [5.74, 6) is -3.79. The van der Waals surface area contributed by atoms with Crippen LogP contribution in [0.1, 0.15) is 40.5 Å². The molecule has 0 amide bonds. The minimum atomic E-state index is -1.36. The molecule has 1 aliphatic carbocycles. The number of hydrogen-bond donors (Lipinski definition) is 0. The van der Waals surface area contributed by atoms with Crippen molar-refractivity contribution < 1.29 is 47.6 Å². The van der Waals surface area contributed by atoms with Crippen molar-refractivity contribution in [2.24, 2.45) is 5.92 Å². The Balaban J connectivity index is 1.82. The third-order valence-corrected chi connectivity index (χ3v) is 6.97. The smallest absolute Gasteiger partial charge is 0.341 e. The predicted octanol–water partition coefficient (Wildman–Crippen LogP) is 1.16. The van der Waals surface area contributed by atoms with E-state index in [1.54, 1.807) is 19.9 Å². The lowest BCUT2D eigenvalue weighted by Gasteiger charge is -2.34. The van der Waals surface area contributed by atoms with Crippen molar-refractivity contribution in [1.29, 1.82) is 0 Å². The minimum absolute atomic E-state index is 0.00554. The van der Waals surface area contributed by atoms with Crippen molar-refractivity contribution in [3.8, 4) is 0 Å². The van der Waals surface area contributed by atoms with E-state index in [0.717, 1.165) is 0 Å². The first-order valence-corrected chi connectivity index (χ1v) is 10.8. The lowest BCUT2D eigenvalue weighted by atomic mass is 9.80. The second-order valence-electron chi connectivity index (χ2n) is 9.23. The molecule has 0 aromatic carbocycles. The van der Waals surface area contributed by atoms with Crippen molar-refractivity contribution >= 4 is 23.9 Å². The lowest BCUT2D eigenvalue weighted by molar-refractivity contribution is -0.175. The topological polar surface area (TPSA) is 130 Å². The molecule has 180 valence electrons. The molecule has 33 heavy (non-hydrogen) atoms. The van der Waals surface area contributed by atoms with Gasteiger partial charge >= 0.3 is 23.9 Å². The number of rotatable bonds is 4. The number of epoxide rings is 2. The first kappa shape index (κ1) is 23.4. The Kier molecular flexibility index (Phi) is 5.65. The number of ether oxygens (including phenoxy) is 6. The van der Waals surface area contributed by atoms with E-state index in [1.807, 2.05) is 6.92 Å². The maximum absolute atomic E-state index is 13.1. The molecule has 0 N–H and O–H groups in total. The van der Waals surface area contributed by atoms with Gasteiger partial charge in [0.25, 0.3) is 0 Å². The Hall–Kier alpha value is -2.72. The molecule has 0 bridgehead atoms. The van der Waals surface area contributed by atoms with Crippen LogP contribution in [0.4, 0.5) is 0 Å². The molecule has 0 aromatic rings. The van der Waals surface area contributed by atoms with Gasteiger partial charge in [-0.3, -0.25) is 4.79 Å². The van der Waals surface area contributed by atoms with Crippen LogP contribution in [0.25, 0.3) is 0 Å². The molecular formula is C23H28O10. The molecule has 0 spiro atoms. The number of fused-ring (bicyclic) bond motifs is 3. The molecule has 3 fully saturated rings. The second-order valence-corrected chi connectivity index (χ2v) is 9.23. The van der Waals surface area contributed by atoms with Gasteiger partial charge in [0, 0.05) is 12.5 Å². The normalized spacial score (nSPS) is 43.1. The fourth-order valence-electron chi connectivity index (χ4n) is 4.66. The highest BCUT2D eigenvalue weighted by Gasteiger charge is 2.66. The zero-order valence-electron chi connectivity index (χ0n) is 19.2. The highest BCUT2D eigenvalue weighted by atomic mass is 16.7. The number of hydrogen-bond acceptors (Lipinski definition) is 10. The van der Waals surface area contributed by atoms with Crippen molar-refractivity contribution in [3.63, 3.8) is 0 Å². The van der Waals surface area contributed by atoms with E-state index in [-0.39, 0.29) is 17.3 Å². The maximum Gasteiger partial charge on any atom is 0.341 e.